The van der Waals surface area contributed by atoms with E-state index in [0.717, 1.165) is 0 Å². The van der Waals surface area contributed by atoms with Gasteiger partial charge in [0.15, 0.2) is 35.1 Å². The zero-order valence-electron chi connectivity index (χ0n) is 22.6. The third kappa shape index (κ3) is 5.20. The average molecular weight is 656 g/mol. The van der Waals surface area contributed by atoms with Gasteiger partial charge in [0.25, 0.3) is 5.56 Å². The molecule has 3 saturated heterocycles. The number of phosphoric acid groups is 1. The fraction of sp³-hybridized carbons (Fsp3) is 0.524. The van der Waals surface area contributed by atoms with Crippen LogP contribution in [0.3, 0.4) is 0 Å². The Morgan fingerprint density at radius 1 is 0.955 bits per heavy atom. The molecular weight excluding hydrogens is 630 g/mol. The van der Waals surface area contributed by atoms with Gasteiger partial charge in [-0.15, -0.1) is 0 Å². The summed E-state index contributed by atoms with van der Waals surface area (Å²) in [6.45, 7) is 0.250. The maximum atomic E-state index is 13.6. The normalized spacial score (nSPS) is 36.6. The number of aliphatic hydroxyl groups is 1. The van der Waals surface area contributed by atoms with E-state index in [1.165, 1.54) is 34.8 Å². The van der Waals surface area contributed by atoms with Crippen LogP contribution in [0.15, 0.2) is 23.8 Å². The van der Waals surface area contributed by atoms with E-state index < -0.39 is 77.2 Å². The lowest BCUT2D eigenvalue weighted by Gasteiger charge is -2.26. The standard InChI is InChI=1S/C21H26N10O11P2/c1-43(34)37-4-10-14(13(32)20(40-10)30-6-26-11-15(22)24-5-25-16(11)30)42-44(35,36)38-3-8-2-9(41-43)19(39-8)31-7-27-12-17(31)28-21(23)29-18(12)33/h5-10,13-14,19-20,32H,2-4H2,1H3,(H,35,36)(H2,22,24,25)(H3,23,28,29,33)/t8-,9-,10?,13?,14?,19?,20?,43?/m0/s1. The molecule has 3 aliphatic heterocycles. The lowest BCUT2D eigenvalue weighted by Crippen LogP contribution is -2.36. The molecule has 3 fully saturated rings. The van der Waals surface area contributed by atoms with E-state index in [2.05, 4.69) is 29.9 Å². The zero-order valence-corrected chi connectivity index (χ0v) is 24.4. The Hall–Kier alpha value is -3.36. The summed E-state index contributed by atoms with van der Waals surface area (Å²) in [6, 6.07) is 0. The molecule has 2 bridgehead atoms. The van der Waals surface area contributed by atoms with Crippen molar-refractivity contribution in [2.75, 3.05) is 31.3 Å². The smallest absolute Gasteiger partial charge is 0.386 e. The van der Waals surface area contributed by atoms with Gasteiger partial charge in [0.2, 0.25) is 5.95 Å². The highest BCUT2D eigenvalue weighted by molar-refractivity contribution is 7.53. The molecule has 0 spiro atoms. The minimum Gasteiger partial charge on any atom is -0.386 e. The van der Waals surface area contributed by atoms with Crippen molar-refractivity contribution in [2.24, 2.45) is 0 Å². The predicted octanol–water partition coefficient (Wildman–Crippen LogP) is -0.590. The molecule has 21 nitrogen and oxygen atoms in total. The zero-order chi connectivity index (χ0) is 31.0. The first-order chi connectivity index (χ1) is 20.9. The van der Waals surface area contributed by atoms with Crippen LogP contribution in [-0.2, 0) is 36.7 Å². The van der Waals surface area contributed by atoms with Crippen LogP contribution in [-0.4, -0.2) is 99.4 Å². The number of rotatable bonds is 2. The molecule has 236 valence electrons. The number of aromatic nitrogens is 8. The molecule has 0 aliphatic carbocycles. The third-order valence-electron chi connectivity index (χ3n) is 7.32. The molecule has 0 amide bonds. The van der Waals surface area contributed by atoms with Crippen LogP contribution in [0.4, 0.5) is 11.8 Å². The number of aliphatic hydroxyl groups excluding tert-OH is 1. The van der Waals surface area contributed by atoms with Gasteiger partial charge in [0.05, 0.1) is 32.0 Å². The van der Waals surface area contributed by atoms with Gasteiger partial charge >= 0.3 is 15.4 Å². The Morgan fingerprint density at radius 3 is 2.50 bits per heavy atom. The lowest BCUT2D eigenvalue weighted by atomic mass is 10.1. The van der Waals surface area contributed by atoms with Crippen LogP contribution in [0.2, 0.25) is 0 Å². The number of hydrogen-bond acceptors (Lipinski definition) is 17. The van der Waals surface area contributed by atoms with Crippen LogP contribution in [0.1, 0.15) is 18.9 Å². The summed E-state index contributed by atoms with van der Waals surface area (Å²) in [4.78, 5) is 45.6. The van der Waals surface area contributed by atoms with E-state index in [1.807, 2.05) is 0 Å². The van der Waals surface area contributed by atoms with Crippen LogP contribution in [0, 0.1) is 0 Å². The second kappa shape index (κ2) is 10.6. The lowest BCUT2D eigenvalue weighted by molar-refractivity contribution is -0.0619. The molecule has 23 heteroatoms. The Morgan fingerprint density at radius 2 is 1.70 bits per heavy atom. The van der Waals surface area contributed by atoms with E-state index in [9.17, 15) is 23.9 Å². The molecule has 7 N–H and O–H groups in total. The number of H-pyrrole nitrogens is 1. The highest BCUT2D eigenvalue weighted by Crippen LogP contribution is 2.53. The van der Waals surface area contributed by atoms with Gasteiger partial charge < -0.3 is 40.0 Å². The van der Waals surface area contributed by atoms with Gasteiger partial charge in [-0.25, -0.2) is 24.5 Å². The summed E-state index contributed by atoms with van der Waals surface area (Å²) in [5.74, 6) is -0.0820. The van der Waals surface area contributed by atoms with Crippen molar-refractivity contribution in [3.05, 3.63) is 29.3 Å². The van der Waals surface area contributed by atoms with Crippen molar-refractivity contribution in [3.63, 3.8) is 0 Å². The van der Waals surface area contributed by atoms with Gasteiger partial charge in [-0.2, -0.15) is 4.98 Å². The van der Waals surface area contributed by atoms with E-state index in [1.54, 1.807) is 0 Å². The quantitative estimate of drug-likeness (QED) is 0.168. The topological polar surface area (TPSA) is 289 Å². The van der Waals surface area contributed by atoms with Crippen molar-refractivity contribution >= 4 is 49.5 Å². The molecule has 3 aliphatic rings. The second-order valence-corrected chi connectivity index (χ2v) is 13.8. The maximum absolute atomic E-state index is 13.6. The fourth-order valence-electron chi connectivity index (χ4n) is 5.41. The first kappa shape index (κ1) is 29.4. The van der Waals surface area contributed by atoms with E-state index in [-0.39, 0.29) is 40.5 Å². The van der Waals surface area contributed by atoms with Crippen LogP contribution in [0.5, 0.6) is 0 Å². The molecule has 0 radical (unpaired) electrons. The Kier molecular flexibility index (Phi) is 7.09. The predicted molar refractivity (Wildman–Crippen MR) is 146 cm³/mol. The summed E-state index contributed by atoms with van der Waals surface area (Å²) < 4.78 is 63.6. The van der Waals surface area contributed by atoms with Crippen molar-refractivity contribution in [1.82, 2.24) is 39.0 Å². The van der Waals surface area contributed by atoms with Gasteiger partial charge in [0, 0.05) is 13.1 Å². The number of aromatic amines is 1. The highest BCUT2D eigenvalue weighted by Gasteiger charge is 2.51. The van der Waals surface area contributed by atoms with Gasteiger partial charge in [0.1, 0.15) is 36.3 Å². The fourth-order valence-corrected chi connectivity index (χ4v) is 7.55. The Balaban J connectivity index is 1.19. The SMILES string of the molecule is CP1(=O)OCC2OC(n3cnc4c(N)ncnc43)C(O)C2OP(=O)(O)OC[C@@H]2C[C@H](O1)C(n1cnc3c(=O)[nH]c(N)nc31)O2. The number of phosphoric ester groups is 1. The first-order valence-electron chi connectivity index (χ1n) is 13.1. The Labute approximate surface area is 245 Å². The number of anilines is 2. The monoisotopic (exact) mass is 656 g/mol. The van der Waals surface area contributed by atoms with Crippen molar-refractivity contribution in [2.45, 2.75) is 49.4 Å². The molecule has 9 atom stereocenters. The minimum atomic E-state index is -4.86. The van der Waals surface area contributed by atoms with Crippen molar-refractivity contribution in [3.8, 4) is 0 Å². The summed E-state index contributed by atoms with van der Waals surface area (Å²) in [6.07, 6.45) is -4.68. The first-order valence-corrected chi connectivity index (χ1v) is 16.6. The number of nitrogens with two attached hydrogens (primary N) is 2. The van der Waals surface area contributed by atoms with E-state index >= 15 is 0 Å². The molecule has 7 heterocycles. The van der Waals surface area contributed by atoms with Gasteiger partial charge in [-0.3, -0.25) is 32.5 Å². The summed E-state index contributed by atoms with van der Waals surface area (Å²) >= 11 is 0. The summed E-state index contributed by atoms with van der Waals surface area (Å²) in [5.41, 5.74) is 11.5. The molecule has 4 aromatic heterocycles. The molecule has 44 heavy (non-hydrogen) atoms. The van der Waals surface area contributed by atoms with Crippen molar-refractivity contribution < 1.29 is 46.7 Å². The number of fused-ring (bicyclic) bond motifs is 5. The highest BCUT2D eigenvalue weighted by atomic mass is 31.2. The second-order valence-electron chi connectivity index (χ2n) is 10.3. The van der Waals surface area contributed by atoms with Crippen LogP contribution >= 0.6 is 15.4 Å². The van der Waals surface area contributed by atoms with Crippen LogP contribution in [0.25, 0.3) is 22.3 Å². The summed E-state index contributed by atoms with van der Waals surface area (Å²) in [7, 11) is -8.78. The molecular formula is C21H26N10O11P2. The third-order valence-corrected chi connectivity index (χ3v) is 9.58. The molecule has 4 aromatic rings. The van der Waals surface area contributed by atoms with Gasteiger partial charge in [-0.1, -0.05) is 0 Å². The Bertz CT molecular complexity index is 1900. The minimum absolute atomic E-state index is 0.0248. The number of hydrogen-bond donors (Lipinski definition) is 5. The molecule has 0 aromatic carbocycles. The number of ether oxygens (including phenoxy) is 2. The largest absolute Gasteiger partial charge is 0.472 e. The number of nitrogens with zero attached hydrogens (tertiary/aromatic N) is 7. The molecule has 0 saturated carbocycles. The van der Waals surface area contributed by atoms with E-state index in [4.69, 9.17) is 39.0 Å². The number of imidazole rings is 2. The molecule has 7 rings (SSSR count). The van der Waals surface area contributed by atoms with Gasteiger partial charge in [-0.05, 0) is 0 Å². The number of nitrogen functional groups attached to an aromatic ring is 2. The number of nitrogens with one attached hydrogen (secondary N) is 1. The maximum Gasteiger partial charge on any atom is 0.472 e. The van der Waals surface area contributed by atoms with E-state index in [0.29, 0.717) is 0 Å². The van der Waals surface area contributed by atoms with Crippen molar-refractivity contribution in [1.29, 1.82) is 0 Å². The average Bonchev–Trinajstić information content (AvgIpc) is 3.72. The summed E-state index contributed by atoms with van der Waals surface area (Å²) in [5, 5.41) is 11.2. The molecule has 7 unspecified atom stereocenters. The van der Waals surface area contributed by atoms with Crippen LogP contribution < -0.4 is 17.0 Å².